The molecular weight excluding hydrogens is 424 g/mol. The van der Waals surface area contributed by atoms with Gasteiger partial charge in [-0.2, -0.15) is 0 Å². The van der Waals surface area contributed by atoms with E-state index in [2.05, 4.69) is 41.5 Å². The molecule has 0 bridgehead atoms. The summed E-state index contributed by atoms with van der Waals surface area (Å²) >= 11 is 0. The van der Waals surface area contributed by atoms with E-state index in [0.29, 0.717) is 0 Å². The fourth-order valence-electron chi connectivity index (χ4n) is 4.44. The van der Waals surface area contributed by atoms with Gasteiger partial charge in [0.05, 0.1) is 14.2 Å². The maximum absolute atomic E-state index is 11.1. The molecule has 0 saturated carbocycles. The smallest absolute Gasteiger partial charge is 0.221 e. The highest BCUT2D eigenvalue weighted by Crippen LogP contribution is 2.36. The van der Waals surface area contributed by atoms with E-state index in [4.69, 9.17) is 9.47 Å². The van der Waals surface area contributed by atoms with Crippen LogP contribution in [0.3, 0.4) is 0 Å². The zero-order valence-corrected chi connectivity index (χ0v) is 20.6. The van der Waals surface area contributed by atoms with Crippen molar-refractivity contribution in [1.29, 1.82) is 0 Å². The molecule has 1 aliphatic rings. The molecule has 0 heterocycles. The molecule has 1 unspecified atom stereocenters. The van der Waals surface area contributed by atoms with Gasteiger partial charge in [-0.1, -0.05) is 12.1 Å². The minimum atomic E-state index is -0.0344. The van der Waals surface area contributed by atoms with Crippen molar-refractivity contribution in [2.24, 2.45) is 5.92 Å². The molecule has 0 spiro atoms. The van der Waals surface area contributed by atoms with Crippen molar-refractivity contribution in [3.63, 3.8) is 0 Å². The zero-order valence-electron chi connectivity index (χ0n) is 19.8. The Hall–Kier alpha value is -2.24. The molecule has 0 aromatic heterocycles. The molecule has 1 amide bonds. The van der Waals surface area contributed by atoms with Gasteiger partial charge in [0.2, 0.25) is 5.91 Å². The highest BCUT2D eigenvalue weighted by Gasteiger charge is 2.21. The summed E-state index contributed by atoms with van der Waals surface area (Å²) in [6, 6.07) is 12.5. The lowest BCUT2D eigenvalue weighted by Gasteiger charge is -2.26. The van der Waals surface area contributed by atoms with E-state index in [9.17, 15) is 4.79 Å². The van der Waals surface area contributed by atoms with Crippen LogP contribution >= 0.6 is 12.4 Å². The van der Waals surface area contributed by atoms with Crippen LogP contribution in [0.25, 0.3) is 0 Å². The van der Waals surface area contributed by atoms with Crippen LogP contribution in [-0.4, -0.2) is 45.2 Å². The van der Waals surface area contributed by atoms with E-state index >= 15 is 0 Å². The second-order valence-electron chi connectivity index (χ2n) is 8.66. The van der Waals surface area contributed by atoms with Gasteiger partial charge in [-0.3, -0.25) is 4.79 Å². The maximum Gasteiger partial charge on any atom is 0.221 e. The van der Waals surface area contributed by atoms with Crippen LogP contribution < -0.4 is 14.8 Å². The van der Waals surface area contributed by atoms with Crippen molar-refractivity contribution in [3.05, 3.63) is 53.1 Å². The highest BCUT2D eigenvalue weighted by atomic mass is 35.5. The van der Waals surface area contributed by atoms with Gasteiger partial charge < -0.3 is 19.7 Å². The minimum Gasteiger partial charge on any atom is -0.493 e. The number of likely N-dealkylation sites (N-methyl/N-ethyl adjacent to an activating group) is 1. The first-order valence-electron chi connectivity index (χ1n) is 11.3. The van der Waals surface area contributed by atoms with Crippen LogP contribution in [0.5, 0.6) is 11.5 Å². The predicted molar refractivity (Wildman–Crippen MR) is 133 cm³/mol. The summed E-state index contributed by atoms with van der Waals surface area (Å²) in [4.78, 5) is 13.5. The SMILES string of the molecule is COc1cc2c(cc1OC)CC(CCCN(C)CCc1ccc(NC(C)=O)cc1)CC2.Cl. The number of carbonyl (C=O) groups is 1. The number of hydrogen-bond acceptors (Lipinski definition) is 4. The number of halogens is 1. The number of hydrogen-bond donors (Lipinski definition) is 1. The van der Waals surface area contributed by atoms with Crippen LogP contribution in [0, 0.1) is 5.92 Å². The number of aryl methyl sites for hydroxylation is 1. The van der Waals surface area contributed by atoms with Gasteiger partial charge in [0.1, 0.15) is 0 Å². The van der Waals surface area contributed by atoms with Gasteiger partial charge in [-0.15, -0.1) is 12.4 Å². The first-order chi connectivity index (χ1) is 15.0. The van der Waals surface area contributed by atoms with Crippen molar-refractivity contribution in [3.8, 4) is 11.5 Å². The fourth-order valence-corrected chi connectivity index (χ4v) is 4.44. The molecule has 0 saturated heterocycles. The molecule has 0 fully saturated rings. The van der Waals surface area contributed by atoms with Crippen molar-refractivity contribution in [1.82, 2.24) is 4.90 Å². The minimum absolute atomic E-state index is 0. The molecule has 1 atom stereocenters. The van der Waals surface area contributed by atoms with E-state index < -0.39 is 0 Å². The lowest BCUT2D eigenvalue weighted by Crippen LogP contribution is -2.23. The van der Waals surface area contributed by atoms with Gasteiger partial charge >= 0.3 is 0 Å². The summed E-state index contributed by atoms with van der Waals surface area (Å²) in [5.41, 5.74) is 4.99. The van der Waals surface area contributed by atoms with E-state index in [1.807, 2.05) is 12.1 Å². The molecule has 0 aliphatic heterocycles. The number of benzene rings is 2. The Kier molecular flexibility index (Phi) is 10.3. The molecule has 1 N–H and O–H groups in total. The summed E-state index contributed by atoms with van der Waals surface area (Å²) in [7, 11) is 5.62. The van der Waals surface area contributed by atoms with Gasteiger partial charge in [0.25, 0.3) is 0 Å². The normalized spacial score (nSPS) is 15.0. The first-order valence-corrected chi connectivity index (χ1v) is 11.3. The summed E-state index contributed by atoms with van der Waals surface area (Å²) in [5.74, 6) is 2.39. The Morgan fingerprint density at radius 2 is 1.72 bits per heavy atom. The highest BCUT2D eigenvalue weighted by molar-refractivity contribution is 5.88. The second-order valence-corrected chi connectivity index (χ2v) is 8.66. The third-order valence-corrected chi connectivity index (χ3v) is 6.25. The van der Waals surface area contributed by atoms with Crippen molar-refractivity contribution in [2.75, 3.05) is 39.7 Å². The first kappa shape index (κ1) is 26.0. The quantitative estimate of drug-likeness (QED) is 0.533. The van der Waals surface area contributed by atoms with Crippen LogP contribution in [0.15, 0.2) is 36.4 Å². The molecule has 1 aliphatic carbocycles. The number of anilines is 1. The summed E-state index contributed by atoms with van der Waals surface area (Å²) in [6.07, 6.45) is 7.04. The fraction of sp³-hybridized carbons (Fsp3) is 0.500. The molecule has 6 heteroatoms. The molecule has 2 aromatic rings. The number of ether oxygens (including phenoxy) is 2. The van der Waals surface area contributed by atoms with Crippen molar-refractivity contribution >= 4 is 24.0 Å². The number of fused-ring (bicyclic) bond motifs is 1. The van der Waals surface area contributed by atoms with Crippen LogP contribution in [0.4, 0.5) is 5.69 Å². The number of rotatable bonds is 10. The predicted octanol–water partition coefficient (Wildman–Crippen LogP) is 5.14. The van der Waals surface area contributed by atoms with Crippen LogP contribution in [-0.2, 0) is 24.1 Å². The second kappa shape index (κ2) is 12.7. The molecule has 5 nitrogen and oxygen atoms in total. The Labute approximate surface area is 198 Å². The number of amides is 1. The summed E-state index contributed by atoms with van der Waals surface area (Å²) in [6.45, 7) is 3.70. The number of methoxy groups -OCH3 is 2. The van der Waals surface area contributed by atoms with E-state index in [1.54, 1.807) is 14.2 Å². The number of carbonyl (C=O) groups excluding carboxylic acids is 1. The topological polar surface area (TPSA) is 50.8 Å². The summed E-state index contributed by atoms with van der Waals surface area (Å²) in [5, 5.41) is 2.81. The molecule has 176 valence electrons. The lowest BCUT2D eigenvalue weighted by atomic mass is 9.81. The van der Waals surface area contributed by atoms with Gasteiger partial charge in [-0.05, 0) is 99.0 Å². The van der Waals surface area contributed by atoms with E-state index in [1.165, 1.54) is 42.9 Å². The van der Waals surface area contributed by atoms with Crippen LogP contribution in [0.2, 0.25) is 0 Å². The molecule has 2 aromatic carbocycles. The van der Waals surface area contributed by atoms with E-state index in [-0.39, 0.29) is 18.3 Å². The summed E-state index contributed by atoms with van der Waals surface area (Å²) < 4.78 is 10.9. The number of nitrogens with one attached hydrogen (secondary N) is 1. The molecule has 0 radical (unpaired) electrons. The zero-order chi connectivity index (χ0) is 22.2. The average Bonchev–Trinajstić information content (AvgIpc) is 2.77. The van der Waals surface area contributed by atoms with Gasteiger partial charge in [0.15, 0.2) is 11.5 Å². The van der Waals surface area contributed by atoms with Crippen molar-refractivity contribution < 1.29 is 14.3 Å². The standard InChI is InChI=1S/C26H36N2O3.ClH/c1-19(29)27-24-11-8-20(9-12-24)13-15-28(2)14-5-6-21-7-10-22-17-25(30-3)26(31-4)18-23(22)16-21;/h8-9,11-12,17-18,21H,5-7,10,13-16H2,1-4H3,(H,27,29);1H. The molecule has 32 heavy (non-hydrogen) atoms. The molecule has 3 rings (SSSR count). The maximum atomic E-state index is 11.1. The average molecular weight is 461 g/mol. The Bertz CT molecular complexity index is 870. The Balaban J connectivity index is 0.00000363. The third-order valence-electron chi connectivity index (χ3n) is 6.25. The largest absolute Gasteiger partial charge is 0.493 e. The van der Waals surface area contributed by atoms with E-state index in [0.717, 1.165) is 55.5 Å². The Morgan fingerprint density at radius 3 is 2.34 bits per heavy atom. The third kappa shape index (κ3) is 7.42. The Morgan fingerprint density at radius 1 is 1.06 bits per heavy atom. The molecular formula is C26H37ClN2O3. The van der Waals surface area contributed by atoms with Gasteiger partial charge in [0, 0.05) is 19.2 Å². The lowest BCUT2D eigenvalue weighted by molar-refractivity contribution is -0.114. The number of nitrogens with zero attached hydrogens (tertiary/aromatic N) is 1. The van der Waals surface area contributed by atoms with Crippen molar-refractivity contribution in [2.45, 2.75) is 45.4 Å². The van der Waals surface area contributed by atoms with Crippen LogP contribution in [0.1, 0.15) is 42.9 Å². The van der Waals surface area contributed by atoms with Gasteiger partial charge in [-0.25, -0.2) is 0 Å². The monoisotopic (exact) mass is 460 g/mol.